The minimum Gasteiger partial charge on any atom is -0.327 e. The van der Waals surface area contributed by atoms with Gasteiger partial charge in [0.2, 0.25) is 0 Å². The predicted octanol–water partition coefficient (Wildman–Crippen LogP) is 1.14. The topological polar surface area (TPSA) is 32.5 Å². The third kappa shape index (κ3) is 2.96. The quantitative estimate of drug-likeness (QED) is 0.782. The molecule has 2 N–H and O–H groups in total. The minimum atomic E-state index is 0.472. The highest BCUT2D eigenvalue weighted by Gasteiger charge is 2.28. The lowest BCUT2D eigenvalue weighted by molar-refractivity contribution is 0.116. The molecule has 1 saturated heterocycles. The standard InChI is InChI=1S/C13H27N3/c1-15(2)12-6-4-8-16(10-12)9-11-5-3-7-13(11)14/h11-13H,3-10,14H2,1-2H3. The Morgan fingerprint density at radius 3 is 2.62 bits per heavy atom. The van der Waals surface area contributed by atoms with E-state index in [1.165, 1.54) is 51.7 Å². The normalized spacial score (nSPS) is 37.1. The van der Waals surface area contributed by atoms with E-state index in [0.717, 1.165) is 12.0 Å². The Hall–Kier alpha value is -0.120. The third-order valence-corrected chi connectivity index (χ3v) is 4.42. The van der Waals surface area contributed by atoms with Crippen LogP contribution in [-0.4, -0.2) is 55.6 Å². The molecular weight excluding hydrogens is 198 g/mol. The Morgan fingerprint density at radius 1 is 1.19 bits per heavy atom. The number of piperidine rings is 1. The van der Waals surface area contributed by atoms with Crippen molar-refractivity contribution in [3.63, 3.8) is 0 Å². The maximum absolute atomic E-state index is 6.15. The zero-order valence-electron chi connectivity index (χ0n) is 10.9. The van der Waals surface area contributed by atoms with Crippen molar-refractivity contribution in [2.24, 2.45) is 11.7 Å². The Bertz CT molecular complexity index is 217. The second kappa shape index (κ2) is 5.48. The highest BCUT2D eigenvalue weighted by Crippen LogP contribution is 2.26. The van der Waals surface area contributed by atoms with Gasteiger partial charge in [0.05, 0.1) is 0 Å². The van der Waals surface area contributed by atoms with E-state index in [0.29, 0.717) is 6.04 Å². The molecule has 2 rings (SSSR count). The molecule has 16 heavy (non-hydrogen) atoms. The van der Waals surface area contributed by atoms with Gasteiger partial charge >= 0.3 is 0 Å². The summed E-state index contributed by atoms with van der Waals surface area (Å²) in [7, 11) is 4.41. The van der Waals surface area contributed by atoms with Gasteiger partial charge in [0.25, 0.3) is 0 Å². The lowest BCUT2D eigenvalue weighted by atomic mass is 10.00. The van der Waals surface area contributed by atoms with Gasteiger partial charge in [-0.25, -0.2) is 0 Å². The number of hydrogen-bond acceptors (Lipinski definition) is 3. The molecule has 3 atom stereocenters. The van der Waals surface area contributed by atoms with E-state index in [1.54, 1.807) is 0 Å². The molecular formula is C13H27N3. The van der Waals surface area contributed by atoms with E-state index in [-0.39, 0.29) is 0 Å². The second-order valence-electron chi connectivity index (χ2n) is 5.87. The van der Waals surface area contributed by atoms with Crippen LogP contribution in [0.3, 0.4) is 0 Å². The summed E-state index contributed by atoms with van der Waals surface area (Å²) in [6.45, 7) is 3.77. The van der Waals surface area contributed by atoms with Crippen molar-refractivity contribution in [3.05, 3.63) is 0 Å². The molecule has 1 aliphatic heterocycles. The fraction of sp³-hybridized carbons (Fsp3) is 1.00. The second-order valence-corrected chi connectivity index (χ2v) is 5.87. The molecule has 0 aromatic rings. The summed E-state index contributed by atoms with van der Waals surface area (Å²) in [5.41, 5.74) is 6.15. The molecule has 0 amide bonds. The van der Waals surface area contributed by atoms with Gasteiger partial charge in [-0.3, -0.25) is 0 Å². The fourth-order valence-corrected chi connectivity index (χ4v) is 3.24. The first-order chi connectivity index (χ1) is 7.66. The average molecular weight is 225 g/mol. The van der Waals surface area contributed by atoms with E-state index in [2.05, 4.69) is 23.9 Å². The first-order valence-electron chi connectivity index (χ1n) is 6.81. The van der Waals surface area contributed by atoms with Crippen LogP contribution in [0.5, 0.6) is 0 Å². The van der Waals surface area contributed by atoms with Crippen LogP contribution in [0.4, 0.5) is 0 Å². The van der Waals surface area contributed by atoms with Gasteiger partial charge in [0, 0.05) is 25.2 Å². The zero-order chi connectivity index (χ0) is 11.5. The number of nitrogens with two attached hydrogens (primary N) is 1. The number of likely N-dealkylation sites (N-methyl/N-ethyl adjacent to an activating group) is 1. The SMILES string of the molecule is CN(C)C1CCCN(CC2CCCC2N)C1. The van der Waals surface area contributed by atoms with Gasteiger partial charge in [-0.15, -0.1) is 0 Å². The smallest absolute Gasteiger partial charge is 0.0217 e. The molecule has 3 heteroatoms. The van der Waals surface area contributed by atoms with E-state index in [9.17, 15) is 0 Å². The molecule has 1 aliphatic carbocycles. The van der Waals surface area contributed by atoms with Gasteiger partial charge in [0.15, 0.2) is 0 Å². The van der Waals surface area contributed by atoms with Crippen LogP contribution in [0, 0.1) is 5.92 Å². The number of likely N-dealkylation sites (tertiary alicyclic amines) is 1. The maximum atomic E-state index is 6.15. The van der Waals surface area contributed by atoms with Crippen LogP contribution in [0.1, 0.15) is 32.1 Å². The first kappa shape index (κ1) is 12.3. The van der Waals surface area contributed by atoms with Crippen LogP contribution >= 0.6 is 0 Å². The molecule has 1 heterocycles. The van der Waals surface area contributed by atoms with Crippen LogP contribution < -0.4 is 5.73 Å². The summed E-state index contributed by atoms with van der Waals surface area (Å²) in [5.74, 6) is 0.765. The average Bonchev–Trinajstić information content (AvgIpc) is 2.65. The van der Waals surface area contributed by atoms with Crippen molar-refractivity contribution in [2.75, 3.05) is 33.7 Å². The molecule has 2 aliphatic rings. The van der Waals surface area contributed by atoms with E-state index in [1.807, 2.05) is 0 Å². The Labute approximate surface area is 100.0 Å². The van der Waals surface area contributed by atoms with Crippen molar-refractivity contribution in [1.82, 2.24) is 9.80 Å². The van der Waals surface area contributed by atoms with Crippen LogP contribution in [0.25, 0.3) is 0 Å². The summed E-state index contributed by atoms with van der Waals surface area (Å²) in [4.78, 5) is 5.02. The summed E-state index contributed by atoms with van der Waals surface area (Å²) < 4.78 is 0. The van der Waals surface area contributed by atoms with E-state index >= 15 is 0 Å². The lowest BCUT2D eigenvalue weighted by Gasteiger charge is -2.37. The van der Waals surface area contributed by atoms with E-state index in [4.69, 9.17) is 5.73 Å². The molecule has 2 fully saturated rings. The summed E-state index contributed by atoms with van der Waals surface area (Å²) in [6.07, 6.45) is 6.65. The molecule has 0 aromatic carbocycles. The highest BCUT2D eigenvalue weighted by molar-refractivity contribution is 4.85. The maximum Gasteiger partial charge on any atom is 0.0217 e. The Balaban J connectivity index is 1.80. The number of rotatable bonds is 3. The van der Waals surface area contributed by atoms with Crippen molar-refractivity contribution >= 4 is 0 Å². The molecule has 1 saturated carbocycles. The Morgan fingerprint density at radius 2 is 2.00 bits per heavy atom. The van der Waals surface area contributed by atoms with Crippen molar-refractivity contribution in [2.45, 2.75) is 44.2 Å². The molecule has 3 unspecified atom stereocenters. The lowest BCUT2D eigenvalue weighted by Crippen LogP contribution is -2.47. The van der Waals surface area contributed by atoms with E-state index < -0.39 is 0 Å². The third-order valence-electron chi connectivity index (χ3n) is 4.42. The van der Waals surface area contributed by atoms with Crippen molar-refractivity contribution in [1.29, 1.82) is 0 Å². The minimum absolute atomic E-state index is 0.472. The van der Waals surface area contributed by atoms with Gasteiger partial charge in [-0.1, -0.05) is 6.42 Å². The van der Waals surface area contributed by atoms with Gasteiger partial charge in [-0.05, 0) is 52.2 Å². The van der Waals surface area contributed by atoms with Gasteiger partial charge < -0.3 is 15.5 Å². The number of hydrogen-bond donors (Lipinski definition) is 1. The molecule has 0 spiro atoms. The van der Waals surface area contributed by atoms with Gasteiger partial charge in [-0.2, -0.15) is 0 Å². The summed E-state index contributed by atoms with van der Waals surface area (Å²) >= 11 is 0. The molecule has 3 nitrogen and oxygen atoms in total. The Kier molecular flexibility index (Phi) is 4.22. The predicted molar refractivity (Wildman–Crippen MR) is 68.5 cm³/mol. The summed E-state index contributed by atoms with van der Waals surface area (Å²) in [6, 6.07) is 1.23. The molecule has 0 radical (unpaired) electrons. The van der Waals surface area contributed by atoms with Crippen LogP contribution in [-0.2, 0) is 0 Å². The van der Waals surface area contributed by atoms with Crippen LogP contribution in [0.15, 0.2) is 0 Å². The molecule has 94 valence electrons. The first-order valence-corrected chi connectivity index (χ1v) is 6.81. The van der Waals surface area contributed by atoms with Crippen molar-refractivity contribution < 1.29 is 0 Å². The highest BCUT2D eigenvalue weighted by atomic mass is 15.2. The molecule has 0 bridgehead atoms. The van der Waals surface area contributed by atoms with Gasteiger partial charge in [0.1, 0.15) is 0 Å². The zero-order valence-corrected chi connectivity index (χ0v) is 10.9. The monoisotopic (exact) mass is 225 g/mol. The molecule has 0 aromatic heterocycles. The van der Waals surface area contributed by atoms with Crippen LogP contribution in [0.2, 0.25) is 0 Å². The van der Waals surface area contributed by atoms with Crippen molar-refractivity contribution in [3.8, 4) is 0 Å². The number of nitrogens with zero attached hydrogens (tertiary/aromatic N) is 2. The fourth-order valence-electron chi connectivity index (χ4n) is 3.24. The summed E-state index contributed by atoms with van der Waals surface area (Å²) in [5, 5.41) is 0. The largest absolute Gasteiger partial charge is 0.327 e.